The summed E-state index contributed by atoms with van der Waals surface area (Å²) in [6, 6.07) is 11.2. The molecule has 0 atom stereocenters. The molecular weight excluding hydrogens is 314 g/mol. The molecule has 4 nitrogen and oxygen atoms in total. The lowest BCUT2D eigenvalue weighted by molar-refractivity contribution is -0.120. The number of amides is 1. The Kier molecular flexibility index (Phi) is 6.54. The van der Waals surface area contributed by atoms with E-state index in [9.17, 15) is 13.6 Å². The van der Waals surface area contributed by atoms with Gasteiger partial charge in [-0.15, -0.1) is 0 Å². The molecule has 0 spiro atoms. The Morgan fingerprint density at radius 3 is 2.67 bits per heavy atom. The molecule has 0 fully saturated rings. The Morgan fingerprint density at radius 2 is 1.92 bits per heavy atom. The van der Waals surface area contributed by atoms with Crippen molar-refractivity contribution < 1.29 is 18.3 Å². The molecule has 0 aliphatic rings. The number of methoxy groups -OCH3 is 1. The number of anilines is 1. The molecule has 0 unspecified atom stereocenters. The second-order valence-electron chi connectivity index (χ2n) is 5.26. The predicted octanol–water partition coefficient (Wildman–Crippen LogP) is 3.13. The molecule has 2 aromatic rings. The van der Waals surface area contributed by atoms with E-state index >= 15 is 0 Å². The van der Waals surface area contributed by atoms with Crippen molar-refractivity contribution in [3.05, 3.63) is 59.7 Å². The number of carbonyl (C=O) groups excluding carboxylic acids is 1. The third kappa shape index (κ3) is 5.53. The largest absolute Gasteiger partial charge is 0.497 e. The van der Waals surface area contributed by atoms with Crippen LogP contribution in [0.2, 0.25) is 0 Å². The summed E-state index contributed by atoms with van der Waals surface area (Å²) >= 11 is 0. The van der Waals surface area contributed by atoms with Gasteiger partial charge in [0.05, 0.1) is 7.11 Å². The van der Waals surface area contributed by atoms with Gasteiger partial charge in [-0.25, -0.2) is 8.78 Å². The van der Waals surface area contributed by atoms with Crippen LogP contribution in [-0.4, -0.2) is 26.1 Å². The van der Waals surface area contributed by atoms with Crippen molar-refractivity contribution in [1.29, 1.82) is 0 Å². The number of hydrogen-bond acceptors (Lipinski definition) is 3. The zero-order chi connectivity index (χ0) is 17.4. The molecular formula is C18H20F2N2O2. The molecule has 2 aromatic carbocycles. The molecule has 2 N–H and O–H groups in total. The summed E-state index contributed by atoms with van der Waals surface area (Å²) in [6.07, 6.45) is 0.955. The molecule has 1 amide bonds. The van der Waals surface area contributed by atoms with Crippen LogP contribution >= 0.6 is 0 Å². The van der Waals surface area contributed by atoms with Crippen LogP contribution in [0.25, 0.3) is 0 Å². The van der Waals surface area contributed by atoms with E-state index in [2.05, 4.69) is 10.6 Å². The zero-order valence-corrected chi connectivity index (χ0v) is 13.4. The van der Waals surface area contributed by atoms with E-state index in [0.29, 0.717) is 25.2 Å². The Labute approximate surface area is 139 Å². The molecule has 0 aliphatic carbocycles. The molecule has 0 bridgehead atoms. The number of rotatable bonds is 8. The summed E-state index contributed by atoms with van der Waals surface area (Å²) in [5, 5.41) is 5.70. The van der Waals surface area contributed by atoms with E-state index in [1.807, 2.05) is 24.3 Å². The highest BCUT2D eigenvalue weighted by Gasteiger charge is 2.04. The quantitative estimate of drug-likeness (QED) is 0.780. The molecule has 0 radical (unpaired) electrons. The summed E-state index contributed by atoms with van der Waals surface area (Å²) in [5.41, 5.74) is 1.52. The lowest BCUT2D eigenvalue weighted by atomic mass is 10.1. The molecule has 128 valence electrons. The fourth-order valence-corrected chi connectivity index (χ4v) is 2.19. The number of hydrogen-bond donors (Lipinski definition) is 2. The molecule has 0 saturated heterocycles. The fraction of sp³-hybridized carbons (Fsp3) is 0.278. The number of carbonyl (C=O) groups is 1. The minimum Gasteiger partial charge on any atom is -0.497 e. The van der Waals surface area contributed by atoms with E-state index in [0.717, 1.165) is 23.4 Å². The third-order valence-corrected chi connectivity index (χ3v) is 3.47. The summed E-state index contributed by atoms with van der Waals surface area (Å²) in [5.74, 6) is -1.12. The first-order valence-electron chi connectivity index (χ1n) is 7.67. The van der Waals surface area contributed by atoms with Crippen molar-refractivity contribution >= 4 is 11.6 Å². The van der Waals surface area contributed by atoms with Gasteiger partial charge in [0.25, 0.3) is 0 Å². The molecule has 6 heteroatoms. The number of nitrogens with one attached hydrogen (secondary N) is 2. The van der Waals surface area contributed by atoms with Crippen LogP contribution in [0.15, 0.2) is 42.5 Å². The first kappa shape index (κ1) is 17.7. The number of ether oxygens (including phenoxy) is 1. The van der Waals surface area contributed by atoms with Crippen LogP contribution in [0.3, 0.4) is 0 Å². The van der Waals surface area contributed by atoms with Crippen LogP contribution in [0.4, 0.5) is 14.5 Å². The van der Waals surface area contributed by atoms with E-state index in [1.54, 1.807) is 7.11 Å². The van der Waals surface area contributed by atoms with Crippen molar-refractivity contribution in [2.45, 2.75) is 12.8 Å². The first-order valence-corrected chi connectivity index (χ1v) is 7.67. The van der Waals surface area contributed by atoms with E-state index in [4.69, 9.17) is 4.74 Å². The van der Waals surface area contributed by atoms with Gasteiger partial charge in [-0.3, -0.25) is 4.79 Å². The lowest BCUT2D eigenvalue weighted by Crippen LogP contribution is -2.27. The van der Waals surface area contributed by atoms with Crippen LogP contribution < -0.4 is 15.4 Å². The predicted molar refractivity (Wildman–Crippen MR) is 89.2 cm³/mol. The summed E-state index contributed by atoms with van der Waals surface area (Å²) in [4.78, 5) is 11.8. The van der Waals surface area contributed by atoms with Gasteiger partial charge in [0.2, 0.25) is 5.91 Å². The van der Waals surface area contributed by atoms with Gasteiger partial charge in [-0.2, -0.15) is 0 Å². The topological polar surface area (TPSA) is 50.4 Å². The summed E-state index contributed by atoms with van der Waals surface area (Å²) in [6.45, 7) is 0.868. The Bertz CT molecular complexity index is 692. The van der Waals surface area contributed by atoms with Crippen molar-refractivity contribution in [3.8, 4) is 5.75 Å². The molecule has 2 rings (SSSR count). The molecule has 0 heterocycles. The summed E-state index contributed by atoms with van der Waals surface area (Å²) < 4.78 is 31.0. The highest BCUT2D eigenvalue weighted by Crippen LogP contribution is 2.13. The average Bonchev–Trinajstić information content (AvgIpc) is 2.58. The van der Waals surface area contributed by atoms with Gasteiger partial charge in [0.1, 0.15) is 5.75 Å². The number of benzene rings is 2. The van der Waals surface area contributed by atoms with Crippen molar-refractivity contribution in [1.82, 2.24) is 5.32 Å². The fourth-order valence-electron chi connectivity index (χ4n) is 2.19. The maximum Gasteiger partial charge on any atom is 0.221 e. The van der Waals surface area contributed by atoms with Gasteiger partial charge in [0.15, 0.2) is 11.6 Å². The Morgan fingerprint density at radius 1 is 1.08 bits per heavy atom. The molecule has 24 heavy (non-hydrogen) atoms. The summed E-state index contributed by atoms with van der Waals surface area (Å²) in [7, 11) is 1.61. The second-order valence-corrected chi connectivity index (χ2v) is 5.26. The van der Waals surface area contributed by atoms with Crippen LogP contribution in [0.1, 0.15) is 12.0 Å². The highest BCUT2D eigenvalue weighted by atomic mass is 19.2. The molecule has 0 aromatic heterocycles. The monoisotopic (exact) mass is 334 g/mol. The minimum atomic E-state index is -0.914. The van der Waals surface area contributed by atoms with Crippen molar-refractivity contribution in [2.24, 2.45) is 0 Å². The van der Waals surface area contributed by atoms with Gasteiger partial charge < -0.3 is 15.4 Å². The van der Waals surface area contributed by atoms with E-state index in [-0.39, 0.29) is 12.3 Å². The van der Waals surface area contributed by atoms with Crippen LogP contribution in [0, 0.1) is 11.6 Å². The smallest absolute Gasteiger partial charge is 0.221 e. The number of halogens is 2. The zero-order valence-electron chi connectivity index (χ0n) is 13.4. The van der Waals surface area contributed by atoms with E-state index in [1.165, 1.54) is 6.07 Å². The van der Waals surface area contributed by atoms with Gasteiger partial charge in [0, 0.05) is 25.2 Å². The van der Waals surface area contributed by atoms with Crippen molar-refractivity contribution in [3.63, 3.8) is 0 Å². The molecule has 0 aliphatic heterocycles. The lowest BCUT2D eigenvalue weighted by Gasteiger charge is -2.08. The third-order valence-electron chi connectivity index (χ3n) is 3.47. The minimum absolute atomic E-state index is 0.104. The Hall–Kier alpha value is -2.63. The highest BCUT2D eigenvalue weighted by molar-refractivity contribution is 5.76. The van der Waals surface area contributed by atoms with Gasteiger partial charge in [-0.1, -0.05) is 12.1 Å². The first-order chi connectivity index (χ1) is 11.6. The van der Waals surface area contributed by atoms with Gasteiger partial charge in [-0.05, 0) is 42.3 Å². The normalized spacial score (nSPS) is 10.3. The molecule has 0 saturated carbocycles. The standard InChI is InChI=1S/C18H20F2N2O2/c1-24-15-4-2-3-13(11-15)7-9-22-18(23)8-10-21-14-5-6-16(19)17(20)12-14/h2-6,11-12,21H,7-10H2,1H3,(H,22,23). The Balaban J connectivity index is 1.67. The van der Waals surface area contributed by atoms with Crippen LogP contribution in [-0.2, 0) is 11.2 Å². The maximum absolute atomic E-state index is 13.0. The van der Waals surface area contributed by atoms with Gasteiger partial charge >= 0.3 is 0 Å². The van der Waals surface area contributed by atoms with E-state index < -0.39 is 11.6 Å². The van der Waals surface area contributed by atoms with Crippen molar-refractivity contribution in [2.75, 3.05) is 25.5 Å². The van der Waals surface area contributed by atoms with Crippen LogP contribution in [0.5, 0.6) is 5.75 Å². The second kappa shape index (κ2) is 8.86. The SMILES string of the molecule is COc1cccc(CCNC(=O)CCNc2ccc(F)c(F)c2)c1. The maximum atomic E-state index is 13.0. The average molecular weight is 334 g/mol.